The maximum absolute atomic E-state index is 12.9. The van der Waals surface area contributed by atoms with E-state index in [0.29, 0.717) is 53.9 Å². The molecule has 2 aromatic carbocycles. The van der Waals surface area contributed by atoms with Crippen molar-refractivity contribution in [3.8, 4) is 11.3 Å². The van der Waals surface area contributed by atoms with Crippen molar-refractivity contribution in [2.24, 2.45) is 0 Å². The second kappa shape index (κ2) is 9.57. The van der Waals surface area contributed by atoms with Crippen molar-refractivity contribution in [3.05, 3.63) is 88.7 Å². The smallest absolute Gasteiger partial charge is 0.255 e. The molecule has 1 amide bonds. The SMILES string of the molecule is Cc1noc(CCCNC(=O)c2cn(Cc3ccccc3)nc2-c2ccc(Cl)cc2)n1. The first-order valence-corrected chi connectivity index (χ1v) is 10.4. The van der Waals surface area contributed by atoms with Crippen LogP contribution in [0.15, 0.2) is 65.3 Å². The Kier molecular flexibility index (Phi) is 6.43. The van der Waals surface area contributed by atoms with Gasteiger partial charge in [0.05, 0.1) is 12.1 Å². The Morgan fingerprint density at radius 1 is 1.13 bits per heavy atom. The predicted molar refractivity (Wildman–Crippen MR) is 118 cm³/mol. The van der Waals surface area contributed by atoms with Crippen LogP contribution in [-0.4, -0.2) is 32.4 Å². The predicted octanol–water partition coefficient (Wildman–Crippen LogP) is 4.31. The van der Waals surface area contributed by atoms with E-state index in [4.69, 9.17) is 16.1 Å². The van der Waals surface area contributed by atoms with Gasteiger partial charge in [-0.05, 0) is 31.0 Å². The molecule has 0 aliphatic heterocycles. The number of aryl methyl sites for hydroxylation is 2. The molecular formula is C23H22ClN5O2. The molecule has 0 radical (unpaired) electrons. The van der Waals surface area contributed by atoms with Crippen LogP contribution >= 0.6 is 11.6 Å². The molecule has 0 saturated heterocycles. The normalized spacial score (nSPS) is 10.9. The Balaban J connectivity index is 1.49. The molecule has 8 heteroatoms. The highest BCUT2D eigenvalue weighted by molar-refractivity contribution is 6.30. The van der Waals surface area contributed by atoms with Gasteiger partial charge in [-0.3, -0.25) is 9.48 Å². The topological polar surface area (TPSA) is 85.8 Å². The Hall–Kier alpha value is -3.45. The molecule has 31 heavy (non-hydrogen) atoms. The summed E-state index contributed by atoms with van der Waals surface area (Å²) in [4.78, 5) is 17.1. The first-order chi connectivity index (χ1) is 15.1. The van der Waals surface area contributed by atoms with E-state index >= 15 is 0 Å². The Morgan fingerprint density at radius 3 is 2.61 bits per heavy atom. The standard InChI is InChI=1S/C23H22ClN5O2/c1-16-26-21(31-28-16)8-5-13-25-23(30)20-15-29(14-17-6-3-2-4-7-17)27-22(20)18-9-11-19(24)12-10-18/h2-4,6-7,9-12,15H,5,8,13-14H2,1H3,(H,25,30). The minimum atomic E-state index is -0.175. The van der Waals surface area contributed by atoms with E-state index in [1.807, 2.05) is 42.5 Å². The fourth-order valence-corrected chi connectivity index (χ4v) is 3.36. The lowest BCUT2D eigenvalue weighted by molar-refractivity contribution is 0.0953. The minimum absolute atomic E-state index is 0.175. The van der Waals surface area contributed by atoms with Gasteiger partial charge >= 0.3 is 0 Å². The molecule has 158 valence electrons. The van der Waals surface area contributed by atoms with Crippen molar-refractivity contribution >= 4 is 17.5 Å². The lowest BCUT2D eigenvalue weighted by Crippen LogP contribution is -2.25. The van der Waals surface area contributed by atoms with E-state index in [1.54, 1.807) is 29.9 Å². The van der Waals surface area contributed by atoms with Crippen LogP contribution in [0.5, 0.6) is 0 Å². The summed E-state index contributed by atoms with van der Waals surface area (Å²) in [5.74, 6) is 1.01. The van der Waals surface area contributed by atoms with Crippen LogP contribution in [0, 0.1) is 6.92 Å². The lowest BCUT2D eigenvalue weighted by Gasteiger charge is -2.05. The van der Waals surface area contributed by atoms with E-state index in [9.17, 15) is 4.79 Å². The number of benzene rings is 2. The molecule has 4 rings (SSSR count). The van der Waals surface area contributed by atoms with Gasteiger partial charge in [0.15, 0.2) is 5.82 Å². The van der Waals surface area contributed by atoms with E-state index in [0.717, 1.165) is 11.1 Å². The quantitative estimate of drug-likeness (QED) is 0.417. The highest BCUT2D eigenvalue weighted by atomic mass is 35.5. The summed E-state index contributed by atoms with van der Waals surface area (Å²) in [5, 5.41) is 12.1. The molecule has 0 atom stereocenters. The zero-order chi connectivity index (χ0) is 21.6. The maximum Gasteiger partial charge on any atom is 0.255 e. The Bertz CT molecular complexity index is 1150. The van der Waals surface area contributed by atoms with Crippen LogP contribution in [0.4, 0.5) is 0 Å². The van der Waals surface area contributed by atoms with Gasteiger partial charge in [0.2, 0.25) is 5.89 Å². The average Bonchev–Trinajstić information content (AvgIpc) is 3.38. The van der Waals surface area contributed by atoms with Crippen molar-refractivity contribution in [2.75, 3.05) is 6.54 Å². The van der Waals surface area contributed by atoms with Gasteiger partial charge in [0.1, 0.15) is 5.69 Å². The van der Waals surface area contributed by atoms with E-state index in [2.05, 4.69) is 20.6 Å². The number of halogens is 1. The molecular weight excluding hydrogens is 414 g/mol. The molecule has 0 spiro atoms. The number of rotatable bonds is 8. The van der Waals surface area contributed by atoms with E-state index in [-0.39, 0.29) is 5.91 Å². The van der Waals surface area contributed by atoms with Crippen LogP contribution in [0.3, 0.4) is 0 Å². The zero-order valence-electron chi connectivity index (χ0n) is 17.1. The number of nitrogens with one attached hydrogen (secondary N) is 1. The molecule has 0 fully saturated rings. The largest absolute Gasteiger partial charge is 0.352 e. The fraction of sp³-hybridized carbons (Fsp3) is 0.217. The lowest BCUT2D eigenvalue weighted by atomic mass is 10.1. The van der Waals surface area contributed by atoms with E-state index < -0.39 is 0 Å². The number of nitrogens with zero attached hydrogens (tertiary/aromatic N) is 4. The summed E-state index contributed by atoms with van der Waals surface area (Å²) >= 11 is 6.03. The van der Waals surface area contributed by atoms with Gasteiger partial charge in [0.25, 0.3) is 5.91 Å². The molecule has 0 saturated carbocycles. The summed E-state index contributed by atoms with van der Waals surface area (Å²) in [6.45, 7) is 2.84. The van der Waals surface area contributed by atoms with Gasteiger partial charge in [0, 0.05) is 29.7 Å². The maximum atomic E-state index is 12.9. The molecule has 1 N–H and O–H groups in total. The molecule has 7 nitrogen and oxygen atoms in total. The number of aromatic nitrogens is 4. The highest BCUT2D eigenvalue weighted by Crippen LogP contribution is 2.24. The molecule has 0 unspecified atom stereocenters. The number of amides is 1. The second-order valence-corrected chi connectivity index (χ2v) is 7.61. The van der Waals surface area contributed by atoms with Crippen LogP contribution in [0.25, 0.3) is 11.3 Å². The fourth-order valence-electron chi connectivity index (χ4n) is 3.24. The first kappa shape index (κ1) is 20.8. The summed E-state index contributed by atoms with van der Waals surface area (Å²) in [5.41, 5.74) is 3.08. The van der Waals surface area contributed by atoms with Crippen molar-refractivity contribution in [3.63, 3.8) is 0 Å². The van der Waals surface area contributed by atoms with Crippen LogP contribution in [-0.2, 0) is 13.0 Å². The van der Waals surface area contributed by atoms with E-state index in [1.165, 1.54) is 0 Å². The number of hydrogen-bond donors (Lipinski definition) is 1. The summed E-state index contributed by atoms with van der Waals surface area (Å²) in [7, 11) is 0. The summed E-state index contributed by atoms with van der Waals surface area (Å²) in [6, 6.07) is 17.3. The van der Waals surface area contributed by atoms with Crippen LogP contribution < -0.4 is 5.32 Å². The number of carbonyl (C=O) groups is 1. The number of hydrogen-bond acceptors (Lipinski definition) is 5. The summed E-state index contributed by atoms with van der Waals surface area (Å²) < 4.78 is 6.89. The second-order valence-electron chi connectivity index (χ2n) is 7.18. The molecule has 0 aliphatic carbocycles. The van der Waals surface area contributed by atoms with Crippen molar-refractivity contribution < 1.29 is 9.32 Å². The minimum Gasteiger partial charge on any atom is -0.352 e. The summed E-state index contributed by atoms with van der Waals surface area (Å²) in [6.07, 6.45) is 3.09. The molecule has 4 aromatic rings. The molecule has 2 aromatic heterocycles. The van der Waals surface area contributed by atoms with Crippen molar-refractivity contribution in [1.82, 2.24) is 25.2 Å². The Labute approximate surface area is 185 Å². The van der Waals surface area contributed by atoms with Gasteiger partial charge < -0.3 is 9.84 Å². The average molecular weight is 436 g/mol. The van der Waals surface area contributed by atoms with Crippen molar-refractivity contribution in [1.29, 1.82) is 0 Å². The van der Waals surface area contributed by atoms with Crippen LogP contribution in [0.2, 0.25) is 5.02 Å². The number of carbonyl (C=O) groups excluding carboxylic acids is 1. The monoisotopic (exact) mass is 435 g/mol. The third-order valence-electron chi connectivity index (χ3n) is 4.73. The third-order valence-corrected chi connectivity index (χ3v) is 4.99. The van der Waals surface area contributed by atoms with Gasteiger partial charge in [-0.25, -0.2) is 0 Å². The van der Waals surface area contributed by atoms with Gasteiger partial charge in [-0.1, -0.05) is 59.2 Å². The molecule has 0 aliphatic rings. The highest BCUT2D eigenvalue weighted by Gasteiger charge is 2.18. The first-order valence-electron chi connectivity index (χ1n) is 10.0. The van der Waals surface area contributed by atoms with Gasteiger partial charge in [-0.2, -0.15) is 10.1 Å². The Morgan fingerprint density at radius 2 is 1.90 bits per heavy atom. The van der Waals surface area contributed by atoms with Crippen LogP contribution in [0.1, 0.15) is 34.1 Å². The van der Waals surface area contributed by atoms with Crippen molar-refractivity contribution in [2.45, 2.75) is 26.3 Å². The molecule has 0 bridgehead atoms. The zero-order valence-corrected chi connectivity index (χ0v) is 17.8. The third kappa shape index (κ3) is 5.38. The molecule has 2 heterocycles. The van der Waals surface area contributed by atoms with Gasteiger partial charge in [-0.15, -0.1) is 0 Å².